The van der Waals surface area contributed by atoms with Crippen molar-refractivity contribution in [3.8, 4) is 0 Å². The summed E-state index contributed by atoms with van der Waals surface area (Å²) in [6.45, 7) is 7.81. The molecule has 0 fully saturated rings. The van der Waals surface area contributed by atoms with Gasteiger partial charge in [-0.15, -0.1) is 0 Å². The van der Waals surface area contributed by atoms with E-state index in [9.17, 15) is 0 Å². The van der Waals surface area contributed by atoms with Crippen LogP contribution in [0.5, 0.6) is 0 Å². The van der Waals surface area contributed by atoms with E-state index in [1.807, 2.05) is 6.92 Å². The lowest BCUT2D eigenvalue weighted by Crippen LogP contribution is -2.01. The zero-order valence-corrected chi connectivity index (χ0v) is 26.2. The van der Waals surface area contributed by atoms with Crippen LogP contribution in [0, 0.1) is 0 Å². The first-order chi connectivity index (χ1) is 18.4. The highest BCUT2D eigenvalue weighted by molar-refractivity contribution is 4.52. The molecule has 224 valence electrons. The molecular formula is C35H72O2. The summed E-state index contributed by atoms with van der Waals surface area (Å²) in [6, 6.07) is 0. The number of hydrogen-bond donors (Lipinski definition) is 0. The van der Waals surface area contributed by atoms with Crippen molar-refractivity contribution in [1.82, 2.24) is 0 Å². The van der Waals surface area contributed by atoms with Gasteiger partial charge in [-0.3, -0.25) is 0 Å². The molecule has 0 aliphatic carbocycles. The summed E-state index contributed by atoms with van der Waals surface area (Å²) in [5.41, 5.74) is 0. The summed E-state index contributed by atoms with van der Waals surface area (Å²) in [4.78, 5) is 0. The normalized spacial score (nSPS) is 11.5. The fourth-order valence-electron chi connectivity index (χ4n) is 5.38. The van der Waals surface area contributed by atoms with Crippen LogP contribution in [-0.2, 0) is 9.47 Å². The van der Waals surface area contributed by atoms with Gasteiger partial charge in [0.1, 0.15) is 0 Å². The minimum atomic E-state index is 0.819. The maximum atomic E-state index is 5.66. The number of rotatable bonds is 34. The molecule has 0 saturated heterocycles. The molecule has 0 spiro atoms. The van der Waals surface area contributed by atoms with Crippen molar-refractivity contribution < 1.29 is 9.47 Å². The monoisotopic (exact) mass is 525 g/mol. The molecule has 2 nitrogen and oxygen atoms in total. The number of unbranched alkanes of at least 4 members (excludes halogenated alkanes) is 27. The van der Waals surface area contributed by atoms with Gasteiger partial charge in [-0.2, -0.15) is 0 Å². The summed E-state index contributed by atoms with van der Waals surface area (Å²) >= 11 is 0. The lowest BCUT2D eigenvalue weighted by atomic mass is 10.0. The third-order valence-electron chi connectivity index (χ3n) is 7.92. The van der Waals surface area contributed by atoms with Crippen LogP contribution in [0.1, 0.15) is 200 Å². The molecule has 37 heavy (non-hydrogen) atoms. The molecule has 0 radical (unpaired) electrons. The van der Waals surface area contributed by atoms with Crippen molar-refractivity contribution >= 4 is 0 Å². The fraction of sp³-hybridized carbons (Fsp3) is 1.00. The predicted octanol–water partition coefficient (Wildman–Crippen LogP) is 12.4. The summed E-state index contributed by atoms with van der Waals surface area (Å²) in [5.74, 6) is 0. The second-order valence-electron chi connectivity index (χ2n) is 11.7. The Labute approximate surface area is 235 Å². The third-order valence-corrected chi connectivity index (χ3v) is 7.92. The third kappa shape index (κ3) is 35.9. The van der Waals surface area contributed by atoms with E-state index in [1.165, 1.54) is 180 Å². The number of ether oxygens (including phenoxy) is 2. The van der Waals surface area contributed by atoms with E-state index in [1.54, 1.807) is 0 Å². The van der Waals surface area contributed by atoms with Crippen LogP contribution in [-0.4, -0.2) is 26.4 Å². The van der Waals surface area contributed by atoms with Crippen LogP contribution in [0.15, 0.2) is 0 Å². The van der Waals surface area contributed by atoms with E-state index in [2.05, 4.69) is 6.92 Å². The van der Waals surface area contributed by atoms with Gasteiger partial charge >= 0.3 is 0 Å². The Hall–Kier alpha value is -0.0800. The van der Waals surface area contributed by atoms with E-state index in [0.717, 1.165) is 32.8 Å². The van der Waals surface area contributed by atoms with Gasteiger partial charge in [0.2, 0.25) is 0 Å². The van der Waals surface area contributed by atoms with Crippen molar-refractivity contribution in [1.29, 1.82) is 0 Å². The molecule has 0 aromatic heterocycles. The Morgan fingerprint density at radius 2 is 0.486 bits per heavy atom. The predicted molar refractivity (Wildman–Crippen MR) is 167 cm³/mol. The average Bonchev–Trinajstić information content (AvgIpc) is 2.91. The standard InChI is InChI=1S/C35H72O2/c1-3-5-6-7-8-9-10-11-12-13-14-15-16-17-18-19-20-21-22-23-24-25-26-27-28-29-30-31-33-37-35-32-34-36-4-2/h3-35H2,1-2H3. The largest absolute Gasteiger partial charge is 0.382 e. The van der Waals surface area contributed by atoms with Crippen LogP contribution in [0.25, 0.3) is 0 Å². The Morgan fingerprint density at radius 3 is 0.784 bits per heavy atom. The van der Waals surface area contributed by atoms with Crippen molar-refractivity contribution in [2.24, 2.45) is 0 Å². The molecule has 0 heterocycles. The summed E-state index contributed by atoms with van der Waals surface area (Å²) in [6.07, 6.45) is 41.7. The van der Waals surface area contributed by atoms with E-state index >= 15 is 0 Å². The maximum absolute atomic E-state index is 5.66. The van der Waals surface area contributed by atoms with Crippen LogP contribution < -0.4 is 0 Å². The molecule has 0 aliphatic heterocycles. The molecule has 0 unspecified atom stereocenters. The molecule has 0 rings (SSSR count). The molecule has 0 atom stereocenters. The molecule has 0 saturated carbocycles. The summed E-state index contributed by atoms with van der Waals surface area (Å²) in [7, 11) is 0. The zero-order chi connectivity index (χ0) is 26.7. The summed E-state index contributed by atoms with van der Waals surface area (Å²) < 4.78 is 11.0. The fourth-order valence-corrected chi connectivity index (χ4v) is 5.38. The second-order valence-corrected chi connectivity index (χ2v) is 11.7. The highest BCUT2D eigenvalue weighted by Gasteiger charge is 1.97. The zero-order valence-electron chi connectivity index (χ0n) is 26.2. The van der Waals surface area contributed by atoms with E-state index in [-0.39, 0.29) is 0 Å². The van der Waals surface area contributed by atoms with Gasteiger partial charge in [0.25, 0.3) is 0 Å². The van der Waals surface area contributed by atoms with Gasteiger partial charge in [0.05, 0.1) is 0 Å². The molecule has 0 N–H and O–H groups in total. The summed E-state index contributed by atoms with van der Waals surface area (Å²) in [5, 5.41) is 0. The van der Waals surface area contributed by atoms with Gasteiger partial charge in [0, 0.05) is 26.4 Å². The van der Waals surface area contributed by atoms with E-state index < -0.39 is 0 Å². The highest BCUT2D eigenvalue weighted by Crippen LogP contribution is 2.16. The van der Waals surface area contributed by atoms with E-state index in [4.69, 9.17) is 9.47 Å². The maximum Gasteiger partial charge on any atom is 0.0487 e. The first kappa shape index (κ1) is 36.9. The average molecular weight is 525 g/mol. The molecule has 0 bridgehead atoms. The van der Waals surface area contributed by atoms with Gasteiger partial charge in [0.15, 0.2) is 0 Å². The first-order valence-electron chi connectivity index (χ1n) is 17.6. The smallest absolute Gasteiger partial charge is 0.0487 e. The van der Waals surface area contributed by atoms with Crippen molar-refractivity contribution in [3.05, 3.63) is 0 Å². The number of hydrogen-bond acceptors (Lipinski definition) is 2. The molecule has 0 amide bonds. The van der Waals surface area contributed by atoms with Crippen molar-refractivity contribution in [3.63, 3.8) is 0 Å². The van der Waals surface area contributed by atoms with Gasteiger partial charge < -0.3 is 9.47 Å². The van der Waals surface area contributed by atoms with Crippen LogP contribution in [0.3, 0.4) is 0 Å². The Bertz CT molecular complexity index is 336. The first-order valence-corrected chi connectivity index (χ1v) is 17.6. The van der Waals surface area contributed by atoms with Crippen LogP contribution in [0.2, 0.25) is 0 Å². The Kier molecular flexibility index (Phi) is 35.8. The highest BCUT2D eigenvalue weighted by atomic mass is 16.5. The minimum absolute atomic E-state index is 0.819. The Morgan fingerprint density at radius 1 is 0.243 bits per heavy atom. The Balaban J connectivity index is 3.00. The molecule has 0 aromatic carbocycles. The van der Waals surface area contributed by atoms with Crippen molar-refractivity contribution in [2.75, 3.05) is 26.4 Å². The van der Waals surface area contributed by atoms with Crippen LogP contribution >= 0.6 is 0 Å². The lowest BCUT2D eigenvalue weighted by molar-refractivity contribution is 0.0860. The SMILES string of the molecule is CCCCCCCCCCCCCCCCCCCCCCCCCCCCCCOCCCOCC. The minimum Gasteiger partial charge on any atom is -0.382 e. The van der Waals surface area contributed by atoms with Gasteiger partial charge in [-0.25, -0.2) is 0 Å². The van der Waals surface area contributed by atoms with Crippen LogP contribution in [0.4, 0.5) is 0 Å². The topological polar surface area (TPSA) is 18.5 Å². The van der Waals surface area contributed by atoms with Crippen molar-refractivity contribution in [2.45, 2.75) is 200 Å². The van der Waals surface area contributed by atoms with Gasteiger partial charge in [-0.1, -0.05) is 180 Å². The second kappa shape index (κ2) is 35.9. The van der Waals surface area contributed by atoms with Gasteiger partial charge in [-0.05, 0) is 19.8 Å². The molecule has 0 aliphatic rings. The quantitative estimate of drug-likeness (QED) is 0.0779. The lowest BCUT2D eigenvalue weighted by Gasteiger charge is -2.05. The molecule has 0 aromatic rings. The molecule has 2 heteroatoms. The molecular weight excluding hydrogens is 452 g/mol. The van der Waals surface area contributed by atoms with E-state index in [0.29, 0.717) is 0 Å².